The summed E-state index contributed by atoms with van der Waals surface area (Å²) in [6.45, 7) is 10.1. The van der Waals surface area contributed by atoms with Gasteiger partial charge < -0.3 is 21.1 Å². The number of pyridine rings is 1. The number of nitrogens with two attached hydrogens (primary N) is 1. The Morgan fingerprint density at radius 3 is 2.34 bits per heavy atom. The largest absolute Gasteiger partial charge is 0.465 e. The third kappa shape index (κ3) is 5.37. The molecular formula is C24H34N6O2. The molecule has 0 amide bonds. The number of hydrogen-bond acceptors (Lipinski definition) is 7. The lowest BCUT2D eigenvalue weighted by Crippen LogP contribution is -2.31. The Morgan fingerprint density at radius 2 is 1.75 bits per heavy atom. The average molecular weight is 439 g/mol. The molecule has 8 nitrogen and oxygen atoms in total. The van der Waals surface area contributed by atoms with Crippen LogP contribution in [-0.4, -0.2) is 40.2 Å². The first kappa shape index (κ1) is 23.5. The number of hydrogen-bond donors (Lipinski definition) is 3. The number of aryl methyl sites for hydroxylation is 1. The highest BCUT2D eigenvalue weighted by molar-refractivity contribution is 5.89. The van der Waals surface area contributed by atoms with Gasteiger partial charge in [-0.25, -0.2) is 14.8 Å². The number of nitrogens with one attached hydrogen (secondary N) is 2. The molecule has 32 heavy (non-hydrogen) atoms. The lowest BCUT2D eigenvalue weighted by Gasteiger charge is -2.26. The number of nitrogens with zero attached hydrogens (tertiary/aromatic N) is 3. The van der Waals surface area contributed by atoms with Crippen LogP contribution in [0.25, 0.3) is 11.2 Å². The van der Waals surface area contributed by atoms with Gasteiger partial charge in [-0.2, -0.15) is 0 Å². The van der Waals surface area contributed by atoms with Crippen molar-refractivity contribution < 1.29 is 9.53 Å². The summed E-state index contributed by atoms with van der Waals surface area (Å²) >= 11 is 0. The summed E-state index contributed by atoms with van der Waals surface area (Å²) in [5.41, 5.74) is 8.72. The molecule has 2 aromatic heterocycles. The Hall–Kier alpha value is -3.13. The number of aromatic nitrogens is 3. The van der Waals surface area contributed by atoms with Gasteiger partial charge in [-0.1, -0.05) is 27.7 Å². The number of esters is 1. The van der Waals surface area contributed by atoms with Crippen LogP contribution in [-0.2, 0) is 11.3 Å². The van der Waals surface area contributed by atoms with Crippen molar-refractivity contribution in [3.63, 3.8) is 0 Å². The Balaban J connectivity index is 1.93. The average Bonchev–Trinajstić information content (AvgIpc) is 3.11. The van der Waals surface area contributed by atoms with Crippen LogP contribution < -0.4 is 16.4 Å². The minimum absolute atomic E-state index is 0.325. The van der Waals surface area contributed by atoms with Crippen molar-refractivity contribution in [1.29, 1.82) is 0 Å². The number of methoxy groups -OCH3 is 1. The highest BCUT2D eigenvalue weighted by Crippen LogP contribution is 2.25. The molecule has 0 saturated carbocycles. The van der Waals surface area contributed by atoms with Gasteiger partial charge in [0, 0.05) is 18.3 Å². The quantitative estimate of drug-likeness (QED) is 0.403. The van der Waals surface area contributed by atoms with E-state index < -0.39 is 0 Å². The van der Waals surface area contributed by atoms with E-state index in [1.54, 1.807) is 12.1 Å². The molecule has 2 heterocycles. The monoisotopic (exact) mass is 438 g/mol. The van der Waals surface area contributed by atoms with E-state index in [2.05, 4.69) is 42.9 Å². The summed E-state index contributed by atoms with van der Waals surface area (Å²) in [6.07, 6.45) is 0.807. The zero-order chi connectivity index (χ0) is 23.3. The number of carbonyl (C=O) groups excluding carboxylic acids is 1. The molecule has 8 heteroatoms. The fourth-order valence-corrected chi connectivity index (χ4v) is 3.85. The third-order valence-electron chi connectivity index (χ3n) is 5.49. The molecule has 1 aromatic carbocycles. The molecule has 172 valence electrons. The second-order valence-electron chi connectivity index (χ2n) is 8.62. The summed E-state index contributed by atoms with van der Waals surface area (Å²) in [5.74, 6) is 2.14. The Labute approximate surface area is 189 Å². The minimum Gasteiger partial charge on any atom is -0.465 e. The van der Waals surface area contributed by atoms with Crippen LogP contribution in [0.4, 0.5) is 17.5 Å². The SMILES string of the molecule is COC(=O)c1ccc(Nc2nc3ccc(NC(C(C)C)C(C)C)nc3n2CCCN)cc1. The second-order valence-corrected chi connectivity index (χ2v) is 8.62. The number of carbonyl (C=O) groups is 1. The molecule has 3 rings (SSSR count). The van der Waals surface area contributed by atoms with Gasteiger partial charge in [0.05, 0.1) is 12.7 Å². The maximum atomic E-state index is 11.7. The molecule has 0 radical (unpaired) electrons. The fraction of sp³-hybridized carbons (Fsp3) is 0.458. The van der Waals surface area contributed by atoms with E-state index in [0.717, 1.165) is 29.1 Å². The van der Waals surface area contributed by atoms with E-state index >= 15 is 0 Å². The van der Waals surface area contributed by atoms with Gasteiger partial charge >= 0.3 is 5.97 Å². The molecule has 0 fully saturated rings. The highest BCUT2D eigenvalue weighted by atomic mass is 16.5. The van der Waals surface area contributed by atoms with Gasteiger partial charge in [-0.05, 0) is 61.2 Å². The molecule has 0 aliphatic heterocycles. The zero-order valence-electron chi connectivity index (χ0n) is 19.6. The standard InChI is InChI=1S/C24H34N6O2/c1-15(2)21(16(3)4)28-20-12-11-19-22(29-20)30(14-6-13-25)24(27-19)26-18-9-7-17(8-10-18)23(31)32-5/h7-12,15-16,21H,6,13-14,25H2,1-5H3,(H,26,27)(H,28,29). The van der Waals surface area contributed by atoms with E-state index in [4.69, 9.17) is 20.4 Å². The fourth-order valence-electron chi connectivity index (χ4n) is 3.85. The topological polar surface area (TPSA) is 107 Å². The maximum absolute atomic E-state index is 11.7. The summed E-state index contributed by atoms with van der Waals surface area (Å²) in [5, 5.41) is 6.94. The van der Waals surface area contributed by atoms with Gasteiger partial charge in [0.2, 0.25) is 5.95 Å². The molecule has 0 aliphatic carbocycles. The minimum atomic E-state index is -0.364. The van der Waals surface area contributed by atoms with E-state index in [1.165, 1.54) is 7.11 Å². The van der Waals surface area contributed by atoms with Crippen molar-refractivity contribution in [1.82, 2.24) is 14.5 Å². The van der Waals surface area contributed by atoms with E-state index in [-0.39, 0.29) is 5.97 Å². The van der Waals surface area contributed by atoms with Crippen molar-refractivity contribution in [2.24, 2.45) is 17.6 Å². The first-order chi connectivity index (χ1) is 15.3. The molecule has 0 spiro atoms. The number of fused-ring (bicyclic) bond motifs is 1. The number of anilines is 3. The zero-order valence-corrected chi connectivity index (χ0v) is 19.6. The molecular weight excluding hydrogens is 404 g/mol. The molecule has 0 atom stereocenters. The molecule has 0 aliphatic rings. The number of imidazole rings is 1. The Morgan fingerprint density at radius 1 is 1.06 bits per heavy atom. The van der Waals surface area contributed by atoms with E-state index in [9.17, 15) is 4.79 Å². The molecule has 0 unspecified atom stereocenters. The van der Waals surface area contributed by atoms with Crippen LogP contribution in [0.3, 0.4) is 0 Å². The smallest absolute Gasteiger partial charge is 0.337 e. The summed E-state index contributed by atoms with van der Waals surface area (Å²) in [6, 6.07) is 11.4. The van der Waals surface area contributed by atoms with E-state index in [1.807, 2.05) is 24.3 Å². The highest BCUT2D eigenvalue weighted by Gasteiger charge is 2.19. The first-order valence-corrected chi connectivity index (χ1v) is 11.1. The second kappa shape index (κ2) is 10.5. The normalized spacial score (nSPS) is 11.5. The molecule has 4 N–H and O–H groups in total. The summed E-state index contributed by atoms with van der Waals surface area (Å²) < 4.78 is 6.82. The van der Waals surface area contributed by atoms with Crippen molar-refractivity contribution in [2.75, 3.05) is 24.3 Å². The molecule has 3 aromatic rings. The summed E-state index contributed by atoms with van der Waals surface area (Å²) in [4.78, 5) is 21.3. The Bertz CT molecular complexity index is 1030. The number of ether oxygens (including phenoxy) is 1. The van der Waals surface area contributed by atoms with Gasteiger partial charge in [-0.15, -0.1) is 0 Å². The van der Waals surface area contributed by atoms with Gasteiger partial charge in [-0.3, -0.25) is 4.57 Å². The number of benzene rings is 1. The predicted molar refractivity (Wildman–Crippen MR) is 129 cm³/mol. The molecule has 0 saturated heterocycles. The third-order valence-corrected chi connectivity index (χ3v) is 5.49. The van der Waals surface area contributed by atoms with Crippen LogP contribution in [0.2, 0.25) is 0 Å². The van der Waals surface area contributed by atoms with Crippen molar-refractivity contribution >= 4 is 34.6 Å². The predicted octanol–water partition coefficient (Wildman–Crippen LogP) is 4.40. The van der Waals surface area contributed by atoms with Crippen LogP contribution in [0.1, 0.15) is 44.5 Å². The van der Waals surface area contributed by atoms with Gasteiger partial charge in [0.25, 0.3) is 0 Å². The lowest BCUT2D eigenvalue weighted by atomic mass is 9.93. The van der Waals surface area contributed by atoms with Crippen LogP contribution >= 0.6 is 0 Å². The summed E-state index contributed by atoms with van der Waals surface area (Å²) in [7, 11) is 1.37. The number of rotatable bonds is 10. The van der Waals surface area contributed by atoms with Crippen molar-refractivity contribution in [3.05, 3.63) is 42.0 Å². The van der Waals surface area contributed by atoms with E-state index in [0.29, 0.717) is 42.5 Å². The molecule has 0 bridgehead atoms. The van der Waals surface area contributed by atoms with Crippen molar-refractivity contribution in [3.8, 4) is 0 Å². The van der Waals surface area contributed by atoms with Gasteiger partial charge in [0.1, 0.15) is 11.3 Å². The van der Waals surface area contributed by atoms with Crippen LogP contribution in [0.15, 0.2) is 36.4 Å². The lowest BCUT2D eigenvalue weighted by molar-refractivity contribution is 0.0601. The Kier molecular flexibility index (Phi) is 7.69. The maximum Gasteiger partial charge on any atom is 0.337 e. The van der Waals surface area contributed by atoms with Crippen molar-refractivity contribution in [2.45, 2.75) is 46.7 Å². The van der Waals surface area contributed by atoms with Crippen LogP contribution in [0.5, 0.6) is 0 Å². The van der Waals surface area contributed by atoms with Crippen LogP contribution in [0, 0.1) is 11.8 Å². The first-order valence-electron chi connectivity index (χ1n) is 11.1. The van der Waals surface area contributed by atoms with Gasteiger partial charge in [0.15, 0.2) is 5.65 Å².